The molecule has 0 aromatic rings. The van der Waals surface area contributed by atoms with Crippen molar-refractivity contribution in [3.63, 3.8) is 0 Å². The van der Waals surface area contributed by atoms with Crippen LogP contribution >= 0.6 is 0 Å². The van der Waals surface area contributed by atoms with Crippen LogP contribution in [0.5, 0.6) is 0 Å². The number of nitrogens with zero attached hydrogens (tertiary/aromatic N) is 1. The predicted molar refractivity (Wildman–Crippen MR) is 43.0 cm³/mol. The molecule has 0 saturated heterocycles. The van der Waals surface area contributed by atoms with Gasteiger partial charge in [0.25, 0.3) is 5.91 Å². The fourth-order valence-electron chi connectivity index (χ4n) is 1.05. The summed E-state index contributed by atoms with van der Waals surface area (Å²) in [5.74, 6) is 0.0288. The minimum absolute atomic E-state index is 0.251. The average molecular weight is 169 g/mol. The first-order chi connectivity index (χ1) is 5.70. The van der Waals surface area contributed by atoms with E-state index in [0.29, 0.717) is 6.54 Å². The van der Waals surface area contributed by atoms with Gasteiger partial charge in [-0.3, -0.25) is 4.79 Å². The summed E-state index contributed by atoms with van der Waals surface area (Å²) >= 11 is 0. The molecule has 0 saturated carbocycles. The molecular formula is C8H11NO3. The maximum atomic E-state index is 11.1. The van der Waals surface area contributed by atoms with Crippen molar-refractivity contribution in [2.24, 2.45) is 0 Å². The fourth-order valence-corrected chi connectivity index (χ4v) is 1.05. The van der Waals surface area contributed by atoms with Crippen molar-refractivity contribution < 1.29 is 14.6 Å². The van der Waals surface area contributed by atoms with Gasteiger partial charge >= 0.3 is 0 Å². The molecule has 1 amide bonds. The number of ether oxygens (including phenoxy) is 1. The van der Waals surface area contributed by atoms with Gasteiger partial charge in [0, 0.05) is 12.6 Å². The molecule has 0 aromatic heterocycles. The smallest absolute Gasteiger partial charge is 0.252 e. The molecule has 0 aromatic carbocycles. The highest BCUT2D eigenvalue weighted by atomic mass is 16.5. The average Bonchev–Trinajstić information content (AvgIpc) is 2.32. The molecular weight excluding hydrogens is 158 g/mol. The van der Waals surface area contributed by atoms with Crippen LogP contribution in [0.15, 0.2) is 24.5 Å². The Balaban J connectivity index is 2.72. The van der Waals surface area contributed by atoms with Gasteiger partial charge in [-0.15, -0.1) is 6.58 Å². The quantitative estimate of drug-likeness (QED) is 0.598. The summed E-state index contributed by atoms with van der Waals surface area (Å²) in [7, 11) is 1.42. The number of aliphatic hydroxyl groups excluding tert-OH is 1. The van der Waals surface area contributed by atoms with E-state index < -0.39 is 6.23 Å². The van der Waals surface area contributed by atoms with Crippen LogP contribution in [0.25, 0.3) is 0 Å². The van der Waals surface area contributed by atoms with Gasteiger partial charge in [-0.2, -0.15) is 0 Å². The molecule has 0 aliphatic carbocycles. The zero-order chi connectivity index (χ0) is 9.14. The number of hydrogen-bond donors (Lipinski definition) is 1. The lowest BCUT2D eigenvalue weighted by Crippen LogP contribution is -2.35. The van der Waals surface area contributed by atoms with E-state index in [0.717, 1.165) is 0 Å². The van der Waals surface area contributed by atoms with Crippen LogP contribution in [-0.4, -0.2) is 35.8 Å². The predicted octanol–water partition coefficient (Wildman–Crippen LogP) is -0.137. The summed E-state index contributed by atoms with van der Waals surface area (Å²) < 4.78 is 4.78. The summed E-state index contributed by atoms with van der Waals surface area (Å²) in [6.45, 7) is 3.80. The number of methoxy groups -OCH3 is 1. The molecule has 1 N–H and O–H groups in total. The molecule has 4 heteroatoms. The molecule has 1 atom stereocenters. The number of carbonyl (C=O) groups excluding carboxylic acids is 1. The molecule has 0 radical (unpaired) electrons. The third-order valence-electron chi connectivity index (χ3n) is 1.66. The lowest BCUT2D eigenvalue weighted by molar-refractivity contribution is -0.130. The highest BCUT2D eigenvalue weighted by Crippen LogP contribution is 2.17. The molecule has 4 nitrogen and oxygen atoms in total. The molecule has 1 aliphatic rings. The minimum Gasteiger partial charge on any atom is -0.496 e. The SMILES string of the molecule is C=CCN1C(=O)C=C(OC)C1O. The number of rotatable bonds is 3. The second-order valence-corrected chi connectivity index (χ2v) is 2.40. The van der Waals surface area contributed by atoms with Crippen LogP contribution < -0.4 is 0 Å². The van der Waals surface area contributed by atoms with E-state index in [1.807, 2.05) is 0 Å². The Bertz CT molecular complexity index is 234. The third-order valence-corrected chi connectivity index (χ3v) is 1.66. The largest absolute Gasteiger partial charge is 0.496 e. The van der Waals surface area contributed by atoms with Crippen molar-refractivity contribution in [3.05, 3.63) is 24.5 Å². The summed E-state index contributed by atoms with van der Waals surface area (Å²) in [6, 6.07) is 0. The standard InChI is InChI=1S/C8H11NO3/c1-3-4-9-7(10)5-6(12-2)8(9)11/h3,5,8,11H,1,4H2,2H3. The summed E-state index contributed by atoms with van der Waals surface area (Å²) in [4.78, 5) is 12.4. The summed E-state index contributed by atoms with van der Waals surface area (Å²) in [5, 5.41) is 9.41. The first kappa shape index (κ1) is 8.80. The van der Waals surface area contributed by atoms with Crippen LogP contribution in [0.1, 0.15) is 0 Å². The van der Waals surface area contributed by atoms with Crippen LogP contribution in [0.3, 0.4) is 0 Å². The Labute approximate surface area is 70.7 Å². The van der Waals surface area contributed by atoms with Gasteiger partial charge in [-0.1, -0.05) is 6.08 Å². The van der Waals surface area contributed by atoms with Gasteiger partial charge in [0.15, 0.2) is 12.0 Å². The Hall–Kier alpha value is -1.29. The van der Waals surface area contributed by atoms with Gasteiger partial charge in [-0.05, 0) is 0 Å². The second kappa shape index (κ2) is 3.40. The van der Waals surface area contributed by atoms with E-state index in [9.17, 15) is 9.90 Å². The number of amides is 1. The third kappa shape index (κ3) is 1.33. The monoisotopic (exact) mass is 169 g/mol. The van der Waals surface area contributed by atoms with Gasteiger partial charge in [0.1, 0.15) is 0 Å². The first-order valence-electron chi connectivity index (χ1n) is 3.56. The zero-order valence-electron chi connectivity index (χ0n) is 6.86. The fraction of sp³-hybridized carbons (Fsp3) is 0.375. The Kier molecular flexibility index (Phi) is 2.50. The number of aliphatic hydroxyl groups is 1. The van der Waals surface area contributed by atoms with Gasteiger partial charge in [0.05, 0.1) is 7.11 Å². The Morgan fingerprint density at radius 2 is 2.58 bits per heavy atom. The lowest BCUT2D eigenvalue weighted by atomic mass is 10.4. The van der Waals surface area contributed by atoms with Gasteiger partial charge in [0.2, 0.25) is 0 Å². The molecule has 0 bridgehead atoms. The summed E-state index contributed by atoms with van der Waals surface area (Å²) in [6.07, 6.45) is 1.86. The van der Waals surface area contributed by atoms with Crippen LogP contribution in [0, 0.1) is 0 Å². The zero-order valence-corrected chi connectivity index (χ0v) is 6.86. The Morgan fingerprint density at radius 1 is 1.92 bits per heavy atom. The normalized spacial score (nSPS) is 22.5. The van der Waals surface area contributed by atoms with Crippen molar-refractivity contribution >= 4 is 5.91 Å². The van der Waals surface area contributed by atoms with Crippen molar-refractivity contribution in [3.8, 4) is 0 Å². The molecule has 1 rings (SSSR count). The summed E-state index contributed by atoms with van der Waals surface area (Å²) in [5.41, 5.74) is 0. The van der Waals surface area contributed by atoms with Crippen molar-refractivity contribution in [2.75, 3.05) is 13.7 Å². The van der Waals surface area contributed by atoms with Crippen molar-refractivity contribution in [1.82, 2.24) is 4.90 Å². The highest BCUT2D eigenvalue weighted by Gasteiger charge is 2.30. The molecule has 0 spiro atoms. The van der Waals surface area contributed by atoms with Crippen LogP contribution in [-0.2, 0) is 9.53 Å². The van der Waals surface area contributed by atoms with E-state index in [1.54, 1.807) is 6.08 Å². The van der Waals surface area contributed by atoms with E-state index in [-0.39, 0.29) is 11.7 Å². The van der Waals surface area contributed by atoms with E-state index in [1.165, 1.54) is 18.1 Å². The van der Waals surface area contributed by atoms with E-state index in [2.05, 4.69) is 6.58 Å². The molecule has 0 fully saturated rings. The molecule has 12 heavy (non-hydrogen) atoms. The first-order valence-corrected chi connectivity index (χ1v) is 3.56. The topological polar surface area (TPSA) is 49.8 Å². The molecule has 1 heterocycles. The van der Waals surface area contributed by atoms with Crippen LogP contribution in [0.2, 0.25) is 0 Å². The van der Waals surface area contributed by atoms with Gasteiger partial charge < -0.3 is 14.7 Å². The van der Waals surface area contributed by atoms with Gasteiger partial charge in [-0.25, -0.2) is 0 Å². The molecule has 1 aliphatic heterocycles. The number of carbonyl (C=O) groups is 1. The maximum absolute atomic E-state index is 11.1. The highest BCUT2D eigenvalue weighted by molar-refractivity contribution is 5.91. The maximum Gasteiger partial charge on any atom is 0.252 e. The van der Waals surface area contributed by atoms with Crippen molar-refractivity contribution in [2.45, 2.75) is 6.23 Å². The van der Waals surface area contributed by atoms with E-state index in [4.69, 9.17) is 4.74 Å². The number of hydrogen-bond acceptors (Lipinski definition) is 3. The second-order valence-electron chi connectivity index (χ2n) is 2.40. The lowest BCUT2D eigenvalue weighted by Gasteiger charge is -2.19. The molecule has 1 unspecified atom stereocenters. The Morgan fingerprint density at radius 3 is 3.00 bits per heavy atom. The van der Waals surface area contributed by atoms with Crippen LogP contribution in [0.4, 0.5) is 0 Å². The molecule has 66 valence electrons. The van der Waals surface area contributed by atoms with Crippen molar-refractivity contribution in [1.29, 1.82) is 0 Å². The van der Waals surface area contributed by atoms with E-state index >= 15 is 0 Å². The minimum atomic E-state index is -0.958.